The van der Waals surface area contributed by atoms with Gasteiger partial charge in [0, 0.05) is 31.2 Å². The molecule has 1 fully saturated rings. The van der Waals surface area contributed by atoms with E-state index in [2.05, 4.69) is 55.7 Å². The second-order valence-corrected chi connectivity index (χ2v) is 8.06. The van der Waals surface area contributed by atoms with Crippen molar-refractivity contribution in [2.45, 2.75) is 40.3 Å². The van der Waals surface area contributed by atoms with E-state index in [0.29, 0.717) is 25.6 Å². The van der Waals surface area contributed by atoms with E-state index in [1.165, 1.54) is 5.56 Å². The maximum Gasteiger partial charge on any atom is 0.191 e. The molecule has 3 rings (SSSR count). The molecule has 1 heterocycles. The van der Waals surface area contributed by atoms with E-state index in [4.69, 9.17) is 19.2 Å². The van der Waals surface area contributed by atoms with Crippen molar-refractivity contribution in [3.05, 3.63) is 58.7 Å². The van der Waals surface area contributed by atoms with Crippen LogP contribution in [0.25, 0.3) is 0 Å². The molecule has 1 atom stereocenters. The van der Waals surface area contributed by atoms with Crippen molar-refractivity contribution in [2.24, 2.45) is 10.9 Å². The smallest absolute Gasteiger partial charge is 0.191 e. The van der Waals surface area contributed by atoms with E-state index in [0.717, 1.165) is 60.3 Å². The van der Waals surface area contributed by atoms with Gasteiger partial charge in [-0.1, -0.05) is 18.2 Å². The second-order valence-electron chi connectivity index (χ2n) is 8.06. The number of methoxy groups -OCH3 is 1. The average molecular weight is 426 g/mol. The first-order valence-electron chi connectivity index (χ1n) is 11.0. The zero-order chi connectivity index (χ0) is 22.1. The molecule has 0 aromatic heterocycles. The van der Waals surface area contributed by atoms with Gasteiger partial charge in [-0.25, -0.2) is 4.99 Å². The van der Waals surface area contributed by atoms with Crippen molar-refractivity contribution in [3.63, 3.8) is 0 Å². The summed E-state index contributed by atoms with van der Waals surface area (Å²) < 4.78 is 17.0. The van der Waals surface area contributed by atoms with Crippen LogP contribution in [0, 0.1) is 19.8 Å². The zero-order valence-corrected chi connectivity index (χ0v) is 19.2. The lowest BCUT2D eigenvalue weighted by Gasteiger charge is -2.17. The van der Waals surface area contributed by atoms with Crippen LogP contribution in [0.3, 0.4) is 0 Å². The number of ether oxygens (including phenoxy) is 3. The van der Waals surface area contributed by atoms with Crippen LogP contribution in [0.2, 0.25) is 0 Å². The zero-order valence-electron chi connectivity index (χ0n) is 19.2. The highest BCUT2D eigenvalue weighted by molar-refractivity contribution is 5.79. The minimum absolute atomic E-state index is 0.478. The maximum atomic E-state index is 6.17. The van der Waals surface area contributed by atoms with E-state index in [9.17, 15) is 0 Å². The summed E-state index contributed by atoms with van der Waals surface area (Å²) in [6.07, 6.45) is 1.07. The van der Waals surface area contributed by atoms with Crippen molar-refractivity contribution in [2.75, 3.05) is 33.5 Å². The highest BCUT2D eigenvalue weighted by atomic mass is 16.5. The minimum Gasteiger partial charge on any atom is -0.497 e. The molecule has 6 heteroatoms. The number of nitrogens with one attached hydrogen (secondary N) is 2. The van der Waals surface area contributed by atoms with Gasteiger partial charge in [-0.05, 0) is 62.1 Å². The molecule has 0 amide bonds. The summed E-state index contributed by atoms with van der Waals surface area (Å²) in [6.45, 7) is 10.6. The molecule has 1 aliphatic heterocycles. The normalized spacial score (nSPS) is 16.3. The Hall–Kier alpha value is -2.73. The third-order valence-corrected chi connectivity index (χ3v) is 5.28. The molecule has 31 heavy (non-hydrogen) atoms. The lowest BCUT2D eigenvalue weighted by Crippen LogP contribution is -2.36. The van der Waals surface area contributed by atoms with Crippen molar-refractivity contribution >= 4 is 5.96 Å². The van der Waals surface area contributed by atoms with E-state index in [1.807, 2.05) is 12.1 Å². The largest absolute Gasteiger partial charge is 0.497 e. The van der Waals surface area contributed by atoms with Gasteiger partial charge >= 0.3 is 0 Å². The van der Waals surface area contributed by atoms with Gasteiger partial charge in [0.2, 0.25) is 0 Å². The highest BCUT2D eigenvalue weighted by Gasteiger charge is 2.17. The van der Waals surface area contributed by atoms with Gasteiger partial charge in [0.15, 0.2) is 5.96 Å². The minimum atomic E-state index is 0.478. The Morgan fingerprint density at radius 2 is 2.00 bits per heavy atom. The lowest BCUT2D eigenvalue weighted by molar-refractivity contribution is 0.166. The molecular weight excluding hydrogens is 390 g/mol. The molecule has 2 aromatic rings. The van der Waals surface area contributed by atoms with Gasteiger partial charge in [-0.3, -0.25) is 0 Å². The summed E-state index contributed by atoms with van der Waals surface area (Å²) in [6, 6.07) is 12.5. The van der Waals surface area contributed by atoms with Gasteiger partial charge < -0.3 is 24.8 Å². The number of hydrogen-bond donors (Lipinski definition) is 2. The van der Waals surface area contributed by atoms with Crippen LogP contribution < -0.4 is 20.1 Å². The third kappa shape index (κ3) is 7.17. The number of guanidine groups is 1. The third-order valence-electron chi connectivity index (χ3n) is 5.28. The predicted molar refractivity (Wildman–Crippen MR) is 125 cm³/mol. The molecule has 0 spiro atoms. The number of aryl methyl sites for hydroxylation is 2. The second kappa shape index (κ2) is 11.6. The van der Waals surface area contributed by atoms with Crippen LogP contribution in [0.1, 0.15) is 35.6 Å². The molecule has 168 valence electrons. The first-order valence-corrected chi connectivity index (χ1v) is 11.0. The summed E-state index contributed by atoms with van der Waals surface area (Å²) in [7, 11) is 1.69. The summed E-state index contributed by atoms with van der Waals surface area (Å²) in [5, 5.41) is 6.77. The predicted octanol–water partition coefficient (Wildman–Crippen LogP) is 3.98. The van der Waals surface area contributed by atoms with Crippen LogP contribution in [0.4, 0.5) is 0 Å². The van der Waals surface area contributed by atoms with Crippen molar-refractivity contribution in [3.8, 4) is 11.5 Å². The van der Waals surface area contributed by atoms with Gasteiger partial charge in [0.25, 0.3) is 0 Å². The first-order chi connectivity index (χ1) is 15.1. The number of hydrogen-bond acceptors (Lipinski definition) is 4. The topological polar surface area (TPSA) is 64.1 Å². The fourth-order valence-electron chi connectivity index (χ4n) is 3.59. The lowest BCUT2D eigenvalue weighted by atomic mass is 10.1. The van der Waals surface area contributed by atoms with Crippen LogP contribution in [0.15, 0.2) is 41.4 Å². The Morgan fingerprint density at radius 3 is 2.74 bits per heavy atom. The summed E-state index contributed by atoms with van der Waals surface area (Å²) in [5.41, 5.74) is 4.59. The molecule has 0 aliphatic carbocycles. The quantitative estimate of drug-likeness (QED) is 0.470. The maximum absolute atomic E-state index is 6.17. The molecule has 1 aliphatic rings. The molecule has 1 saturated heterocycles. The fourth-order valence-corrected chi connectivity index (χ4v) is 3.59. The van der Waals surface area contributed by atoms with E-state index in [1.54, 1.807) is 7.11 Å². The monoisotopic (exact) mass is 425 g/mol. The molecular formula is C25H35N3O3. The number of benzene rings is 2. The van der Waals surface area contributed by atoms with Crippen LogP contribution >= 0.6 is 0 Å². The summed E-state index contributed by atoms with van der Waals surface area (Å²) in [4.78, 5) is 4.75. The highest BCUT2D eigenvalue weighted by Crippen LogP contribution is 2.23. The molecule has 0 bridgehead atoms. The number of rotatable bonds is 9. The molecule has 6 nitrogen and oxygen atoms in total. The molecule has 0 saturated carbocycles. The standard InChI is InChI=1S/C25H35N3O3/c1-5-26-25(27-14-21-10-19(3)11-23(13-21)29-4)28-15-22-7-6-18(2)12-24(22)31-17-20-8-9-30-16-20/h6-7,10-13,20H,5,8-9,14-17H2,1-4H3,(H2,26,27,28). The molecule has 1 unspecified atom stereocenters. The Kier molecular flexibility index (Phi) is 8.59. The van der Waals surface area contributed by atoms with E-state index in [-0.39, 0.29) is 0 Å². The Morgan fingerprint density at radius 1 is 1.13 bits per heavy atom. The summed E-state index contributed by atoms with van der Waals surface area (Å²) >= 11 is 0. The Labute approximate surface area is 186 Å². The van der Waals surface area contributed by atoms with Crippen molar-refractivity contribution < 1.29 is 14.2 Å². The van der Waals surface area contributed by atoms with Crippen molar-refractivity contribution in [1.82, 2.24) is 10.6 Å². The van der Waals surface area contributed by atoms with Crippen LogP contribution in [-0.2, 0) is 17.8 Å². The number of aliphatic imine (C=N–C) groups is 1. The number of nitrogens with zero attached hydrogens (tertiary/aromatic N) is 1. The van der Waals surface area contributed by atoms with Crippen LogP contribution in [0.5, 0.6) is 11.5 Å². The van der Waals surface area contributed by atoms with E-state index >= 15 is 0 Å². The first kappa shape index (κ1) is 22.9. The van der Waals surface area contributed by atoms with Crippen LogP contribution in [-0.4, -0.2) is 39.4 Å². The summed E-state index contributed by atoms with van der Waals surface area (Å²) in [5.74, 6) is 3.04. The van der Waals surface area contributed by atoms with Gasteiger partial charge in [0.1, 0.15) is 11.5 Å². The molecule has 0 radical (unpaired) electrons. The molecule has 2 aromatic carbocycles. The molecule has 2 N–H and O–H groups in total. The average Bonchev–Trinajstić information content (AvgIpc) is 3.28. The Balaban J connectivity index is 1.65. The van der Waals surface area contributed by atoms with E-state index < -0.39 is 0 Å². The SMILES string of the molecule is CCNC(=NCc1cc(C)cc(OC)c1)NCc1ccc(C)cc1OCC1CCOC1. The van der Waals surface area contributed by atoms with Crippen molar-refractivity contribution in [1.29, 1.82) is 0 Å². The fraction of sp³-hybridized carbons (Fsp3) is 0.480. The van der Waals surface area contributed by atoms with Gasteiger partial charge in [0.05, 0.1) is 26.9 Å². The van der Waals surface area contributed by atoms with Gasteiger partial charge in [-0.2, -0.15) is 0 Å². The Bertz CT molecular complexity index is 876. The van der Waals surface area contributed by atoms with Gasteiger partial charge in [-0.15, -0.1) is 0 Å².